The van der Waals surface area contributed by atoms with E-state index < -0.39 is 0 Å². The summed E-state index contributed by atoms with van der Waals surface area (Å²) >= 11 is 0. The molecule has 0 unspecified atom stereocenters. The molecule has 1 atom stereocenters. The molecular formula is C24H29N5O2. The Labute approximate surface area is 183 Å². The zero-order chi connectivity index (χ0) is 21.4. The standard InChI is InChI=1S/C24H29N5O2/c1-2-28-20-17-18(9-10-19(20)24(31)29-12-6-4-8-22(28)29)23(30)27-15-13-26(14-16-27)21-7-3-5-11-25-21/h3,5,7,9-11,17,22H,2,4,6,8,12-16H2,1H3/t22-/m1/s1. The molecule has 7 nitrogen and oxygen atoms in total. The van der Waals surface area contributed by atoms with Crippen LogP contribution in [0.4, 0.5) is 11.5 Å². The van der Waals surface area contributed by atoms with E-state index in [1.807, 2.05) is 46.2 Å². The van der Waals surface area contributed by atoms with Gasteiger partial charge < -0.3 is 19.6 Å². The van der Waals surface area contributed by atoms with Crippen LogP contribution in [0.2, 0.25) is 0 Å². The number of hydrogen-bond acceptors (Lipinski definition) is 5. The normalized spacial score (nSPS) is 21.1. The predicted molar refractivity (Wildman–Crippen MR) is 120 cm³/mol. The minimum atomic E-state index is 0.0399. The van der Waals surface area contributed by atoms with Crippen LogP contribution in [0.15, 0.2) is 42.6 Å². The summed E-state index contributed by atoms with van der Waals surface area (Å²) in [6, 6.07) is 11.5. The highest BCUT2D eigenvalue weighted by molar-refractivity contribution is 6.04. The zero-order valence-electron chi connectivity index (χ0n) is 18.0. The average Bonchev–Trinajstić information content (AvgIpc) is 2.84. The summed E-state index contributed by atoms with van der Waals surface area (Å²) in [4.78, 5) is 39.2. The molecule has 3 aliphatic rings. The molecule has 4 heterocycles. The van der Waals surface area contributed by atoms with Crippen LogP contribution in [0.1, 0.15) is 46.9 Å². The molecule has 0 radical (unpaired) electrons. The number of amides is 2. The second kappa shape index (κ2) is 8.21. The maximum atomic E-state index is 13.3. The Bertz CT molecular complexity index is 971. The van der Waals surface area contributed by atoms with Gasteiger partial charge in [-0.1, -0.05) is 6.07 Å². The Hall–Kier alpha value is -3.09. The van der Waals surface area contributed by atoms with Crippen molar-refractivity contribution in [1.29, 1.82) is 0 Å². The lowest BCUT2D eigenvalue weighted by Crippen LogP contribution is -2.57. The second-order valence-corrected chi connectivity index (χ2v) is 8.46. The van der Waals surface area contributed by atoms with Crippen LogP contribution >= 0.6 is 0 Å². The first kappa shape index (κ1) is 19.8. The van der Waals surface area contributed by atoms with Gasteiger partial charge in [-0.25, -0.2) is 4.98 Å². The smallest absolute Gasteiger partial charge is 0.257 e. The zero-order valence-corrected chi connectivity index (χ0v) is 18.0. The first-order valence-corrected chi connectivity index (χ1v) is 11.3. The first-order chi connectivity index (χ1) is 15.2. The van der Waals surface area contributed by atoms with Crippen LogP contribution < -0.4 is 9.80 Å². The van der Waals surface area contributed by atoms with Crippen molar-refractivity contribution in [3.05, 3.63) is 53.7 Å². The number of pyridine rings is 1. The number of aromatic nitrogens is 1. The molecule has 0 spiro atoms. The highest BCUT2D eigenvalue weighted by Gasteiger charge is 2.38. The van der Waals surface area contributed by atoms with Crippen molar-refractivity contribution in [2.45, 2.75) is 32.4 Å². The van der Waals surface area contributed by atoms with Crippen molar-refractivity contribution < 1.29 is 9.59 Å². The topological polar surface area (TPSA) is 60.0 Å². The van der Waals surface area contributed by atoms with Gasteiger partial charge in [0, 0.05) is 51.0 Å². The summed E-state index contributed by atoms with van der Waals surface area (Å²) in [5, 5.41) is 0. The molecule has 0 saturated carbocycles. The van der Waals surface area contributed by atoms with E-state index in [-0.39, 0.29) is 18.0 Å². The van der Waals surface area contributed by atoms with Crippen LogP contribution in [-0.2, 0) is 0 Å². The van der Waals surface area contributed by atoms with Crippen molar-refractivity contribution in [1.82, 2.24) is 14.8 Å². The van der Waals surface area contributed by atoms with Crippen molar-refractivity contribution >= 4 is 23.3 Å². The predicted octanol–water partition coefficient (Wildman–Crippen LogP) is 2.84. The molecule has 2 amide bonds. The molecule has 31 heavy (non-hydrogen) atoms. The minimum absolute atomic E-state index is 0.0399. The van der Waals surface area contributed by atoms with E-state index in [9.17, 15) is 9.59 Å². The Morgan fingerprint density at radius 3 is 2.65 bits per heavy atom. The number of fused-ring (bicyclic) bond motifs is 2. The first-order valence-electron chi connectivity index (χ1n) is 11.3. The van der Waals surface area contributed by atoms with Gasteiger partial charge in [0.15, 0.2) is 0 Å². The van der Waals surface area contributed by atoms with Gasteiger partial charge in [-0.05, 0) is 56.5 Å². The van der Waals surface area contributed by atoms with E-state index in [0.717, 1.165) is 62.5 Å². The number of piperazine rings is 1. The van der Waals surface area contributed by atoms with Crippen LogP contribution in [0, 0.1) is 0 Å². The Morgan fingerprint density at radius 1 is 1.06 bits per heavy atom. The van der Waals surface area contributed by atoms with Crippen molar-refractivity contribution in [2.24, 2.45) is 0 Å². The van der Waals surface area contributed by atoms with Crippen molar-refractivity contribution in [3.8, 4) is 0 Å². The van der Waals surface area contributed by atoms with E-state index in [1.165, 1.54) is 0 Å². The minimum Gasteiger partial charge on any atom is -0.353 e. The van der Waals surface area contributed by atoms with Gasteiger partial charge in [-0.2, -0.15) is 0 Å². The lowest BCUT2D eigenvalue weighted by Gasteiger charge is -2.47. The molecule has 162 valence electrons. The molecule has 0 bridgehead atoms. The van der Waals surface area contributed by atoms with E-state index in [0.29, 0.717) is 18.7 Å². The van der Waals surface area contributed by atoms with Crippen LogP contribution in [0.25, 0.3) is 0 Å². The Morgan fingerprint density at radius 2 is 1.90 bits per heavy atom. The number of piperidine rings is 1. The molecule has 2 aromatic rings. The highest BCUT2D eigenvalue weighted by atomic mass is 16.2. The van der Waals surface area contributed by atoms with Gasteiger partial charge in [0.1, 0.15) is 12.0 Å². The Balaban J connectivity index is 1.35. The van der Waals surface area contributed by atoms with Gasteiger partial charge in [0.05, 0.1) is 11.3 Å². The monoisotopic (exact) mass is 419 g/mol. The summed E-state index contributed by atoms with van der Waals surface area (Å²) in [5.74, 6) is 1.10. The number of nitrogens with zero attached hydrogens (tertiary/aromatic N) is 5. The number of anilines is 2. The summed E-state index contributed by atoms with van der Waals surface area (Å²) in [5.41, 5.74) is 2.30. The van der Waals surface area contributed by atoms with E-state index >= 15 is 0 Å². The maximum Gasteiger partial charge on any atom is 0.257 e. The van der Waals surface area contributed by atoms with Crippen LogP contribution in [-0.4, -0.2) is 72.0 Å². The molecule has 2 saturated heterocycles. The third-order valence-electron chi connectivity index (χ3n) is 6.76. The van der Waals surface area contributed by atoms with Gasteiger partial charge in [0.25, 0.3) is 11.8 Å². The van der Waals surface area contributed by atoms with Crippen LogP contribution in [0.5, 0.6) is 0 Å². The van der Waals surface area contributed by atoms with E-state index in [4.69, 9.17) is 0 Å². The number of hydrogen-bond donors (Lipinski definition) is 0. The molecule has 1 aromatic heterocycles. The van der Waals surface area contributed by atoms with E-state index in [2.05, 4.69) is 21.7 Å². The summed E-state index contributed by atoms with van der Waals surface area (Å²) < 4.78 is 0. The van der Waals surface area contributed by atoms with Gasteiger partial charge in [-0.3, -0.25) is 9.59 Å². The molecule has 5 rings (SSSR count). The summed E-state index contributed by atoms with van der Waals surface area (Å²) in [7, 11) is 0. The fourth-order valence-corrected chi connectivity index (χ4v) is 5.12. The van der Waals surface area contributed by atoms with Gasteiger partial charge in [-0.15, -0.1) is 0 Å². The second-order valence-electron chi connectivity index (χ2n) is 8.46. The number of carbonyl (C=O) groups is 2. The lowest BCUT2D eigenvalue weighted by atomic mass is 9.97. The molecule has 3 aliphatic heterocycles. The van der Waals surface area contributed by atoms with Crippen molar-refractivity contribution in [2.75, 3.05) is 49.1 Å². The fourth-order valence-electron chi connectivity index (χ4n) is 5.12. The quantitative estimate of drug-likeness (QED) is 0.766. The molecule has 2 fully saturated rings. The van der Waals surface area contributed by atoms with Crippen LogP contribution in [0.3, 0.4) is 0 Å². The number of rotatable bonds is 3. The molecule has 7 heteroatoms. The SMILES string of the molecule is CCN1c2cc(C(=O)N3CCN(c4ccccn4)CC3)ccc2C(=O)N2CCCC[C@@H]21. The van der Waals surface area contributed by atoms with E-state index in [1.54, 1.807) is 6.20 Å². The third-order valence-corrected chi connectivity index (χ3v) is 6.76. The maximum absolute atomic E-state index is 13.3. The third kappa shape index (κ3) is 3.52. The van der Waals surface area contributed by atoms with Gasteiger partial charge >= 0.3 is 0 Å². The largest absolute Gasteiger partial charge is 0.353 e. The highest BCUT2D eigenvalue weighted by Crippen LogP contribution is 2.36. The summed E-state index contributed by atoms with van der Waals surface area (Å²) in [6.07, 6.45) is 5.11. The fraction of sp³-hybridized carbons (Fsp3) is 0.458. The molecule has 1 aromatic carbocycles. The van der Waals surface area contributed by atoms with Crippen molar-refractivity contribution in [3.63, 3.8) is 0 Å². The number of carbonyl (C=O) groups excluding carboxylic acids is 2. The number of benzene rings is 1. The van der Waals surface area contributed by atoms with Gasteiger partial charge in [0.2, 0.25) is 0 Å². The molecular weight excluding hydrogens is 390 g/mol. The average molecular weight is 420 g/mol. The lowest BCUT2D eigenvalue weighted by molar-refractivity contribution is 0.0581. The Kier molecular flexibility index (Phi) is 5.26. The molecule has 0 N–H and O–H groups in total. The molecule has 0 aliphatic carbocycles. The summed E-state index contributed by atoms with van der Waals surface area (Å²) in [6.45, 7) is 6.63.